The average Bonchev–Trinajstić information content (AvgIpc) is 2.53. The molecule has 0 bridgehead atoms. The molecule has 4 heteroatoms. The Balaban J connectivity index is 2.70. The molecule has 0 aliphatic rings. The van der Waals surface area contributed by atoms with Crippen LogP contribution in [0.1, 0.15) is 5.69 Å². The molecule has 0 atom stereocenters. The highest BCUT2D eigenvalue weighted by atomic mass is 15.4. The smallest absolute Gasteiger partial charge is 0.153 e. The third kappa shape index (κ3) is 0.832. The lowest BCUT2D eigenvalue weighted by Crippen LogP contribution is -1.97. The van der Waals surface area contributed by atoms with Crippen molar-refractivity contribution in [2.75, 3.05) is 0 Å². The third-order valence-electron chi connectivity index (χ3n) is 1.75. The van der Waals surface area contributed by atoms with Crippen LogP contribution in [0.3, 0.4) is 0 Å². The van der Waals surface area contributed by atoms with E-state index in [4.69, 9.17) is 5.73 Å². The number of rotatable bonds is 1. The molecule has 0 spiro atoms. The first-order valence-corrected chi connectivity index (χ1v) is 3.51. The minimum absolute atomic E-state index is 0.502. The van der Waals surface area contributed by atoms with Crippen LogP contribution in [0.5, 0.6) is 0 Å². The van der Waals surface area contributed by atoms with Gasteiger partial charge in [-0.2, -0.15) is 0 Å². The van der Waals surface area contributed by atoms with E-state index in [1.54, 1.807) is 0 Å². The SMILES string of the molecule is Cn1ccc2nc(CN)cn21. The maximum absolute atomic E-state index is 5.44. The van der Waals surface area contributed by atoms with Crippen molar-refractivity contribution in [3.05, 3.63) is 24.2 Å². The molecular formula is C7H10N4. The first-order chi connectivity index (χ1) is 5.31. The molecule has 0 aliphatic carbocycles. The highest BCUT2D eigenvalue weighted by Gasteiger charge is 2.00. The van der Waals surface area contributed by atoms with Crippen LogP contribution < -0.4 is 5.73 Å². The topological polar surface area (TPSA) is 48.2 Å². The van der Waals surface area contributed by atoms with Crippen molar-refractivity contribution < 1.29 is 0 Å². The van der Waals surface area contributed by atoms with E-state index in [0.29, 0.717) is 6.54 Å². The van der Waals surface area contributed by atoms with Crippen molar-refractivity contribution in [2.45, 2.75) is 6.54 Å². The van der Waals surface area contributed by atoms with Gasteiger partial charge in [0.1, 0.15) is 0 Å². The van der Waals surface area contributed by atoms with Crippen LogP contribution in [-0.4, -0.2) is 14.2 Å². The zero-order chi connectivity index (χ0) is 7.84. The molecule has 0 saturated carbocycles. The summed E-state index contributed by atoms with van der Waals surface area (Å²) in [4.78, 5) is 4.27. The minimum atomic E-state index is 0.502. The summed E-state index contributed by atoms with van der Waals surface area (Å²) in [6.07, 6.45) is 3.90. The lowest BCUT2D eigenvalue weighted by Gasteiger charge is -1.91. The molecule has 11 heavy (non-hydrogen) atoms. The van der Waals surface area contributed by atoms with Gasteiger partial charge in [-0.05, 0) is 0 Å². The quantitative estimate of drug-likeness (QED) is 0.628. The van der Waals surface area contributed by atoms with E-state index in [-0.39, 0.29) is 0 Å². The Morgan fingerprint density at radius 3 is 3.09 bits per heavy atom. The summed E-state index contributed by atoms with van der Waals surface area (Å²) in [5, 5.41) is 0. The number of aromatic nitrogens is 3. The van der Waals surface area contributed by atoms with Gasteiger partial charge in [-0.1, -0.05) is 0 Å². The van der Waals surface area contributed by atoms with Crippen LogP contribution >= 0.6 is 0 Å². The molecule has 0 saturated heterocycles. The molecular weight excluding hydrogens is 140 g/mol. The second-order valence-corrected chi connectivity index (χ2v) is 2.53. The summed E-state index contributed by atoms with van der Waals surface area (Å²) in [6, 6.07) is 1.96. The second-order valence-electron chi connectivity index (χ2n) is 2.53. The average molecular weight is 150 g/mol. The van der Waals surface area contributed by atoms with Crippen LogP contribution in [0.25, 0.3) is 5.65 Å². The van der Waals surface area contributed by atoms with Crippen LogP contribution in [0.2, 0.25) is 0 Å². The number of imidazole rings is 1. The van der Waals surface area contributed by atoms with Gasteiger partial charge in [-0.15, -0.1) is 0 Å². The molecule has 58 valence electrons. The Labute approximate surface area is 64.2 Å². The molecule has 2 aromatic rings. The van der Waals surface area contributed by atoms with E-state index in [0.717, 1.165) is 11.3 Å². The van der Waals surface area contributed by atoms with Crippen LogP contribution in [0.15, 0.2) is 18.5 Å². The van der Waals surface area contributed by atoms with Crippen LogP contribution in [0, 0.1) is 0 Å². The molecule has 0 radical (unpaired) electrons. The Hall–Kier alpha value is -1.29. The Morgan fingerprint density at radius 1 is 1.64 bits per heavy atom. The van der Waals surface area contributed by atoms with E-state index < -0.39 is 0 Å². The molecule has 2 aromatic heterocycles. The van der Waals surface area contributed by atoms with Crippen LogP contribution in [0.4, 0.5) is 0 Å². The van der Waals surface area contributed by atoms with Gasteiger partial charge < -0.3 is 5.73 Å². The molecule has 2 N–H and O–H groups in total. The summed E-state index contributed by atoms with van der Waals surface area (Å²) >= 11 is 0. The van der Waals surface area contributed by atoms with Crippen molar-refractivity contribution in [3.8, 4) is 0 Å². The summed E-state index contributed by atoms with van der Waals surface area (Å²) in [5.41, 5.74) is 7.32. The van der Waals surface area contributed by atoms with Crippen molar-refractivity contribution in [3.63, 3.8) is 0 Å². The Bertz CT molecular complexity index is 371. The largest absolute Gasteiger partial charge is 0.325 e. The predicted molar refractivity (Wildman–Crippen MR) is 42.1 cm³/mol. The highest BCUT2D eigenvalue weighted by Crippen LogP contribution is 2.03. The summed E-state index contributed by atoms with van der Waals surface area (Å²) in [7, 11) is 1.97. The standard InChI is InChI=1S/C7H10N4/c1-10-3-2-7-9-6(4-8)5-11(7)10/h2-3,5H,4,8H2,1H3. The van der Waals surface area contributed by atoms with E-state index in [9.17, 15) is 0 Å². The zero-order valence-corrected chi connectivity index (χ0v) is 6.36. The number of hydrogen-bond acceptors (Lipinski definition) is 2. The molecule has 0 unspecified atom stereocenters. The number of nitrogens with two attached hydrogens (primary N) is 1. The molecule has 0 amide bonds. The summed E-state index contributed by atoms with van der Waals surface area (Å²) in [5.74, 6) is 0. The Morgan fingerprint density at radius 2 is 2.45 bits per heavy atom. The zero-order valence-electron chi connectivity index (χ0n) is 6.36. The van der Waals surface area contributed by atoms with Gasteiger partial charge >= 0.3 is 0 Å². The van der Waals surface area contributed by atoms with E-state index in [1.165, 1.54) is 0 Å². The number of aryl methyl sites for hydroxylation is 1. The molecule has 0 aliphatic heterocycles. The maximum atomic E-state index is 5.44. The Kier molecular flexibility index (Phi) is 1.22. The molecule has 2 heterocycles. The van der Waals surface area contributed by atoms with Gasteiger partial charge in [0.15, 0.2) is 5.65 Å². The van der Waals surface area contributed by atoms with Crippen molar-refractivity contribution in [1.29, 1.82) is 0 Å². The van der Waals surface area contributed by atoms with Gasteiger partial charge in [0, 0.05) is 25.9 Å². The normalized spacial score (nSPS) is 11.1. The number of nitrogens with zero attached hydrogens (tertiary/aromatic N) is 3. The fraction of sp³-hybridized carbons (Fsp3) is 0.286. The second kappa shape index (κ2) is 2.10. The fourth-order valence-electron chi connectivity index (χ4n) is 1.15. The summed E-state index contributed by atoms with van der Waals surface area (Å²) in [6.45, 7) is 0.502. The molecule has 4 nitrogen and oxygen atoms in total. The number of fused-ring (bicyclic) bond motifs is 1. The minimum Gasteiger partial charge on any atom is -0.325 e. The van der Waals surface area contributed by atoms with Gasteiger partial charge in [-0.25, -0.2) is 9.50 Å². The predicted octanol–water partition coefficient (Wildman–Crippen LogP) is 0.132. The van der Waals surface area contributed by atoms with Gasteiger partial charge in [0.2, 0.25) is 0 Å². The lowest BCUT2D eigenvalue weighted by molar-refractivity contribution is 0.707. The van der Waals surface area contributed by atoms with E-state index in [1.807, 2.05) is 34.7 Å². The fourth-order valence-corrected chi connectivity index (χ4v) is 1.15. The molecule has 0 fully saturated rings. The third-order valence-corrected chi connectivity index (χ3v) is 1.75. The van der Waals surface area contributed by atoms with Gasteiger partial charge in [0.05, 0.1) is 11.9 Å². The van der Waals surface area contributed by atoms with Crippen molar-refractivity contribution >= 4 is 5.65 Å². The van der Waals surface area contributed by atoms with Crippen LogP contribution in [-0.2, 0) is 13.6 Å². The monoisotopic (exact) mass is 150 g/mol. The lowest BCUT2D eigenvalue weighted by atomic mass is 10.5. The molecule has 2 rings (SSSR count). The van der Waals surface area contributed by atoms with Gasteiger partial charge in [-0.3, -0.25) is 4.68 Å². The first-order valence-electron chi connectivity index (χ1n) is 3.51. The number of hydrogen-bond donors (Lipinski definition) is 1. The van der Waals surface area contributed by atoms with Gasteiger partial charge in [0.25, 0.3) is 0 Å². The first kappa shape index (κ1) is 6.42. The van der Waals surface area contributed by atoms with E-state index >= 15 is 0 Å². The van der Waals surface area contributed by atoms with Crippen molar-refractivity contribution in [1.82, 2.24) is 14.2 Å². The van der Waals surface area contributed by atoms with Crippen molar-refractivity contribution in [2.24, 2.45) is 12.8 Å². The maximum Gasteiger partial charge on any atom is 0.153 e. The van der Waals surface area contributed by atoms with E-state index in [2.05, 4.69) is 4.98 Å². The molecule has 0 aromatic carbocycles. The highest BCUT2D eigenvalue weighted by molar-refractivity contribution is 5.38. The summed E-state index contributed by atoms with van der Waals surface area (Å²) < 4.78 is 3.92.